The average Bonchev–Trinajstić information content (AvgIpc) is 2.41. The van der Waals surface area contributed by atoms with Crippen molar-refractivity contribution in [3.63, 3.8) is 0 Å². The number of hydrogen-bond acceptors (Lipinski definition) is 2. The third kappa shape index (κ3) is 3.17. The largest absolute Gasteiger partial charge is 0.478 e. The third-order valence-electron chi connectivity index (χ3n) is 2.90. The van der Waals surface area contributed by atoms with Gasteiger partial charge in [0.2, 0.25) is 0 Å². The second-order valence-corrected chi connectivity index (χ2v) is 5.14. The molecule has 0 bridgehead atoms. The lowest BCUT2D eigenvalue weighted by Crippen LogP contribution is -2.16. The highest BCUT2D eigenvalue weighted by Gasteiger charge is 2.12. The summed E-state index contributed by atoms with van der Waals surface area (Å²) in [5, 5.41) is 9.11. The van der Waals surface area contributed by atoms with E-state index in [0.717, 1.165) is 11.4 Å². The standard InChI is InChI=1S/C15H13BrFNO2/c1-2-18(13-5-3-12(17)4-6-13)14-8-10(15(19)20)7-11(16)9-14/h3-9H,2H2,1H3,(H,19,20). The van der Waals surface area contributed by atoms with Crippen molar-refractivity contribution < 1.29 is 14.3 Å². The van der Waals surface area contributed by atoms with E-state index in [-0.39, 0.29) is 11.4 Å². The van der Waals surface area contributed by atoms with Crippen LogP contribution in [0.4, 0.5) is 15.8 Å². The van der Waals surface area contributed by atoms with Crippen molar-refractivity contribution in [2.45, 2.75) is 6.92 Å². The number of aromatic carboxylic acids is 1. The molecule has 0 saturated heterocycles. The minimum absolute atomic E-state index is 0.204. The van der Waals surface area contributed by atoms with Crippen molar-refractivity contribution >= 4 is 33.3 Å². The van der Waals surface area contributed by atoms with Gasteiger partial charge in [0, 0.05) is 22.4 Å². The Morgan fingerprint density at radius 3 is 2.40 bits per heavy atom. The molecule has 0 fully saturated rings. The van der Waals surface area contributed by atoms with Crippen molar-refractivity contribution in [1.82, 2.24) is 0 Å². The Hall–Kier alpha value is -1.88. The van der Waals surface area contributed by atoms with Crippen LogP contribution in [-0.4, -0.2) is 17.6 Å². The van der Waals surface area contributed by atoms with Gasteiger partial charge in [-0.25, -0.2) is 9.18 Å². The molecule has 0 radical (unpaired) electrons. The molecule has 104 valence electrons. The molecular weight excluding hydrogens is 325 g/mol. The van der Waals surface area contributed by atoms with E-state index in [2.05, 4.69) is 15.9 Å². The fourth-order valence-corrected chi connectivity index (χ4v) is 2.47. The van der Waals surface area contributed by atoms with Gasteiger partial charge in [-0.2, -0.15) is 0 Å². The topological polar surface area (TPSA) is 40.5 Å². The van der Waals surface area contributed by atoms with Crippen molar-refractivity contribution in [1.29, 1.82) is 0 Å². The summed E-state index contributed by atoms with van der Waals surface area (Å²) >= 11 is 3.31. The Morgan fingerprint density at radius 2 is 1.85 bits per heavy atom. The monoisotopic (exact) mass is 337 g/mol. The zero-order chi connectivity index (χ0) is 14.7. The number of nitrogens with zero attached hydrogens (tertiary/aromatic N) is 1. The average molecular weight is 338 g/mol. The maximum atomic E-state index is 13.0. The maximum Gasteiger partial charge on any atom is 0.335 e. The Morgan fingerprint density at radius 1 is 1.20 bits per heavy atom. The van der Waals surface area contributed by atoms with Gasteiger partial charge in [-0.15, -0.1) is 0 Å². The molecule has 0 spiro atoms. The molecule has 2 rings (SSSR count). The Labute approximate surface area is 124 Å². The highest BCUT2D eigenvalue weighted by atomic mass is 79.9. The summed E-state index contributed by atoms with van der Waals surface area (Å²) in [6, 6.07) is 11.1. The molecule has 0 unspecified atom stereocenters. The first-order chi connectivity index (χ1) is 9.51. The Bertz CT molecular complexity index is 628. The minimum Gasteiger partial charge on any atom is -0.478 e. The third-order valence-corrected chi connectivity index (χ3v) is 3.35. The molecule has 0 aliphatic rings. The molecule has 0 aromatic heterocycles. The van der Waals surface area contributed by atoms with Crippen LogP contribution in [0.5, 0.6) is 0 Å². The zero-order valence-corrected chi connectivity index (χ0v) is 12.4. The van der Waals surface area contributed by atoms with E-state index in [4.69, 9.17) is 5.11 Å². The fraction of sp³-hybridized carbons (Fsp3) is 0.133. The molecule has 0 saturated carbocycles. The number of carboxylic acids is 1. The molecule has 0 heterocycles. The molecule has 1 N–H and O–H groups in total. The quantitative estimate of drug-likeness (QED) is 0.896. The first-order valence-corrected chi connectivity index (χ1v) is 6.87. The lowest BCUT2D eigenvalue weighted by atomic mass is 10.1. The van der Waals surface area contributed by atoms with Gasteiger partial charge >= 0.3 is 5.97 Å². The normalized spacial score (nSPS) is 10.3. The van der Waals surface area contributed by atoms with Gasteiger partial charge in [-0.1, -0.05) is 15.9 Å². The van der Waals surface area contributed by atoms with Gasteiger partial charge in [-0.05, 0) is 49.4 Å². The summed E-state index contributed by atoms with van der Waals surface area (Å²) in [7, 11) is 0. The van der Waals surface area contributed by atoms with Crippen molar-refractivity contribution in [3.8, 4) is 0 Å². The minimum atomic E-state index is -0.984. The van der Waals surface area contributed by atoms with Gasteiger partial charge in [0.25, 0.3) is 0 Å². The van der Waals surface area contributed by atoms with Gasteiger partial charge in [-0.3, -0.25) is 0 Å². The molecular formula is C15H13BrFNO2. The summed E-state index contributed by atoms with van der Waals surface area (Å²) in [6.45, 7) is 2.59. The summed E-state index contributed by atoms with van der Waals surface area (Å²) in [5.74, 6) is -1.28. The fourth-order valence-electron chi connectivity index (χ4n) is 1.99. The van der Waals surface area contributed by atoms with Gasteiger partial charge in [0.1, 0.15) is 5.82 Å². The SMILES string of the molecule is CCN(c1ccc(F)cc1)c1cc(Br)cc(C(=O)O)c1. The summed E-state index contributed by atoms with van der Waals surface area (Å²) in [5.41, 5.74) is 1.75. The highest BCUT2D eigenvalue weighted by molar-refractivity contribution is 9.10. The number of rotatable bonds is 4. The summed E-state index contributed by atoms with van der Waals surface area (Å²) < 4.78 is 13.7. The molecule has 0 atom stereocenters. The van der Waals surface area contributed by atoms with E-state index in [0.29, 0.717) is 11.0 Å². The van der Waals surface area contributed by atoms with Gasteiger partial charge < -0.3 is 10.0 Å². The van der Waals surface area contributed by atoms with Crippen LogP contribution in [0.2, 0.25) is 0 Å². The molecule has 2 aromatic rings. The van der Waals surface area contributed by atoms with E-state index in [9.17, 15) is 9.18 Å². The van der Waals surface area contributed by atoms with E-state index in [1.54, 1.807) is 24.3 Å². The van der Waals surface area contributed by atoms with Crippen LogP contribution in [-0.2, 0) is 0 Å². The van der Waals surface area contributed by atoms with Gasteiger partial charge in [0.15, 0.2) is 0 Å². The summed E-state index contributed by atoms with van der Waals surface area (Å²) in [4.78, 5) is 13.0. The van der Waals surface area contributed by atoms with Crippen LogP contribution in [0.25, 0.3) is 0 Å². The Kier molecular flexibility index (Phi) is 4.39. The molecule has 2 aromatic carbocycles. The number of hydrogen-bond donors (Lipinski definition) is 1. The summed E-state index contributed by atoms with van der Waals surface area (Å²) in [6.07, 6.45) is 0. The van der Waals surface area contributed by atoms with E-state index in [1.165, 1.54) is 12.1 Å². The van der Waals surface area contributed by atoms with Crippen molar-refractivity contribution in [3.05, 3.63) is 58.3 Å². The predicted molar refractivity (Wildman–Crippen MR) is 80.2 cm³/mol. The van der Waals surface area contributed by atoms with Crippen LogP contribution >= 0.6 is 15.9 Å². The van der Waals surface area contributed by atoms with Crippen LogP contribution in [0, 0.1) is 5.82 Å². The predicted octanol–water partition coefficient (Wildman–Crippen LogP) is 4.44. The van der Waals surface area contributed by atoms with Crippen LogP contribution in [0.1, 0.15) is 17.3 Å². The first-order valence-electron chi connectivity index (χ1n) is 6.08. The molecule has 0 aliphatic heterocycles. The molecule has 0 amide bonds. The number of carboxylic acid groups (broad SMARTS) is 1. The van der Waals surface area contributed by atoms with Crippen molar-refractivity contribution in [2.75, 3.05) is 11.4 Å². The zero-order valence-electron chi connectivity index (χ0n) is 10.8. The van der Waals surface area contributed by atoms with E-state index in [1.807, 2.05) is 17.9 Å². The lowest BCUT2D eigenvalue weighted by molar-refractivity contribution is 0.0697. The number of halogens is 2. The number of benzene rings is 2. The van der Waals surface area contributed by atoms with Crippen LogP contribution in [0.15, 0.2) is 46.9 Å². The van der Waals surface area contributed by atoms with Crippen LogP contribution in [0.3, 0.4) is 0 Å². The van der Waals surface area contributed by atoms with Gasteiger partial charge in [0.05, 0.1) is 5.56 Å². The van der Waals surface area contributed by atoms with E-state index >= 15 is 0 Å². The lowest BCUT2D eigenvalue weighted by Gasteiger charge is -2.24. The molecule has 5 heteroatoms. The van der Waals surface area contributed by atoms with Crippen molar-refractivity contribution in [2.24, 2.45) is 0 Å². The van der Waals surface area contributed by atoms with Crippen LogP contribution < -0.4 is 4.90 Å². The Balaban J connectivity index is 2.46. The second-order valence-electron chi connectivity index (χ2n) is 4.22. The second kappa shape index (κ2) is 6.05. The van der Waals surface area contributed by atoms with E-state index < -0.39 is 5.97 Å². The first kappa shape index (κ1) is 14.5. The smallest absolute Gasteiger partial charge is 0.335 e. The number of anilines is 2. The molecule has 0 aliphatic carbocycles. The highest BCUT2D eigenvalue weighted by Crippen LogP contribution is 2.29. The number of carbonyl (C=O) groups is 1. The molecule has 3 nitrogen and oxygen atoms in total. The molecule has 20 heavy (non-hydrogen) atoms. The maximum absolute atomic E-state index is 13.0.